The molecule has 0 unspecified atom stereocenters. The van der Waals surface area contributed by atoms with Crippen molar-refractivity contribution in [3.63, 3.8) is 0 Å². The van der Waals surface area contributed by atoms with Gasteiger partial charge in [0.2, 0.25) is 0 Å². The van der Waals surface area contributed by atoms with Gasteiger partial charge < -0.3 is 0 Å². The molecule has 0 bridgehead atoms. The highest BCUT2D eigenvalue weighted by Crippen LogP contribution is 2.37. The molecule has 0 spiro atoms. The minimum absolute atomic E-state index is 0.763. The Morgan fingerprint density at radius 3 is 1.79 bits per heavy atom. The van der Waals surface area contributed by atoms with Crippen LogP contribution in [0.15, 0.2) is 110 Å². The molecule has 5 aromatic rings. The number of rotatable bonds is 4. The smallest absolute Gasteiger partial charge is 0.169 e. The lowest BCUT2D eigenvalue weighted by molar-refractivity contribution is 1.06. The van der Waals surface area contributed by atoms with Crippen LogP contribution in [0.2, 0.25) is 0 Å². The summed E-state index contributed by atoms with van der Waals surface area (Å²) >= 11 is 0. The molecule has 0 N–H and O–H groups in total. The van der Waals surface area contributed by atoms with Crippen molar-refractivity contribution in [2.75, 3.05) is 0 Å². The van der Waals surface area contributed by atoms with Crippen molar-refractivity contribution in [1.29, 1.82) is 0 Å². The molecule has 0 fully saturated rings. The van der Waals surface area contributed by atoms with Gasteiger partial charge in [-0.05, 0) is 23.3 Å². The first-order valence-electron chi connectivity index (χ1n) is 9.46. The SMILES string of the molecule is c1ccc(-c2cccc(-c3ccccc3)c2-n2cnnc2-c2cccnc2)cc1. The molecule has 0 saturated carbocycles. The van der Waals surface area contributed by atoms with Gasteiger partial charge in [0.1, 0.15) is 6.33 Å². The fraction of sp³-hybridized carbons (Fsp3) is 0. The molecular weight excluding hydrogens is 356 g/mol. The van der Waals surface area contributed by atoms with Gasteiger partial charge in [-0.2, -0.15) is 0 Å². The molecule has 29 heavy (non-hydrogen) atoms. The Hall–Kier alpha value is -4.05. The zero-order valence-electron chi connectivity index (χ0n) is 15.7. The molecule has 0 amide bonds. The monoisotopic (exact) mass is 374 g/mol. The Bertz CT molecular complexity index is 1170. The maximum Gasteiger partial charge on any atom is 0.169 e. The van der Waals surface area contributed by atoms with E-state index >= 15 is 0 Å². The average Bonchev–Trinajstić information content (AvgIpc) is 3.30. The van der Waals surface area contributed by atoms with Crippen LogP contribution in [-0.2, 0) is 0 Å². The second kappa shape index (κ2) is 7.52. The van der Waals surface area contributed by atoms with Gasteiger partial charge >= 0.3 is 0 Å². The van der Waals surface area contributed by atoms with Gasteiger partial charge in [0.05, 0.1) is 5.69 Å². The van der Waals surface area contributed by atoms with Gasteiger partial charge in [-0.3, -0.25) is 9.55 Å². The number of pyridine rings is 1. The van der Waals surface area contributed by atoms with Crippen molar-refractivity contribution in [2.24, 2.45) is 0 Å². The van der Waals surface area contributed by atoms with Crippen LogP contribution < -0.4 is 0 Å². The van der Waals surface area contributed by atoms with Gasteiger partial charge in [-0.25, -0.2) is 0 Å². The van der Waals surface area contributed by atoms with Crippen molar-refractivity contribution in [1.82, 2.24) is 19.7 Å². The molecule has 3 aromatic carbocycles. The van der Waals surface area contributed by atoms with E-state index in [1.165, 1.54) is 0 Å². The lowest BCUT2D eigenvalue weighted by Gasteiger charge is -2.18. The number of nitrogens with zero attached hydrogens (tertiary/aromatic N) is 4. The third kappa shape index (κ3) is 3.21. The summed E-state index contributed by atoms with van der Waals surface area (Å²) in [5.74, 6) is 0.763. The summed E-state index contributed by atoms with van der Waals surface area (Å²) in [5, 5.41) is 8.63. The molecule has 2 aromatic heterocycles. The summed E-state index contributed by atoms with van der Waals surface area (Å²) in [5.41, 5.74) is 6.51. The van der Waals surface area contributed by atoms with E-state index in [1.54, 1.807) is 12.5 Å². The Morgan fingerprint density at radius 2 is 1.21 bits per heavy atom. The molecule has 0 aliphatic heterocycles. The zero-order chi connectivity index (χ0) is 19.5. The number of hydrogen-bond acceptors (Lipinski definition) is 3. The normalized spacial score (nSPS) is 10.8. The van der Waals surface area contributed by atoms with Gasteiger partial charge in [-0.15, -0.1) is 10.2 Å². The average molecular weight is 374 g/mol. The third-order valence-corrected chi connectivity index (χ3v) is 4.91. The lowest BCUT2D eigenvalue weighted by Crippen LogP contribution is -2.02. The highest BCUT2D eigenvalue weighted by Gasteiger charge is 2.18. The number of para-hydroxylation sites is 1. The van der Waals surface area contributed by atoms with Crippen molar-refractivity contribution < 1.29 is 0 Å². The van der Waals surface area contributed by atoms with Crippen LogP contribution in [0.1, 0.15) is 0 Å². The van der Waals surface area contributed by atoms with Gasteiger partial charge in [-0.1, -0.05) is 78.9 Å². The van der Waals surface area contributed by atoms with Gasteiger partial charge in [0, 0.05) is 29.1 Å². The van der Waals surface area contributed by atoms with Crippen LogP contribution in [0.4, 0.5) is 0 Å². The predicted octanol–water partition coefficient (Wildman–Crippen LogP) is 5.66. The van der Waals surface area contributed by atoms with Crippen molar-refractivity contribution in [3.05, 3.63) is 110 Å². The van der Waals surface area contributed by atoms with E-state index < -0.39 is 0 Å². The van der Waals surface area contributed by atoms with Crippen LogP contribution in [0, 0.1) is 0 Å². The second-order valence-electron chi connectivity index (χ2n) is 6.70. The Morgan fingerprint density at radius 1 is 0.586 bits per heavy atom. The first-order valence-corrected chi connectivity index (χ1v) is 9.46. The summed E-state index contributed by atoms with van der Waals surface area (Å²) in [7, 11) is 0. The summed E-state index contributed by atoms with van der Waals surface area (Å²) in [6.45, 7) is 0. The fourth-order valence-electron chi connectivity index (χ4n) is 3.59. The number of aromatic nitrogens is 4. The molecule has 5 rings (SSSR count). The number of hydrogen-bond donors (Lipinski definition) is 0. The van der Waals surface area contributed by atoms with Gasteiger partial charge in [0.25, 0.3) is 0 Å². The molecule has 0 atom stereocenters. The highest BCUT2D eigenvalue weighted by molar-refractivity contribution is 5.86. The Labute approximate surface area is 169 Å². The molecular formula is C25H18N4. The fourth-order valence-corrected chi connectivity index (χ4v) is 3.59. The minimum atomic E-state index is 0.763. The Balaban J connectivity index is 1.81. The van der Waals surface area contributed by atoms with Crippen LogP contribution in [0.25, 0.3) is 39.3 Å². The second-order valence-corrected chi connectivity index (χ2v) is 6.70. The van der Waals surface area contributed by atoms with Crippen LogP contribution >= 0.6 is 0 Å². The molecule has 138 valence electrons. The van der Waals surface area contributed by atoms with E-state index in [1.807, 2.05) is 30.5 Å². The molecule has 4 nitrogen and oxygen atoms in total. The summed E-state index contributed by atoms with van der Waals surface area (Å²) in [6, 6.07) is 31.1. The van der Waals surface area contributed by atoms with Gasteiger partial charge in [0.15, 0.2) is 5.82 Å². The Kier molecular flexibility index (Phi) is 4.43. The number of benzene rings is 3. The molecule has 2 heterocycles. The molecule has 0 radical (unpaired) electrons. The van der Waals surface area contributed by atoms with E-state index in [9.17, 15) is 0 Å². The summed E-state index contributed by atoms with van der Waals surface area (Å²) in [6.07, 6.45) is 5.35. The molecule has 0 aliphatic rings. The quantitative estimate of drug-likeness (QED) is 0.407. The highest BCUT2D eigenvalue weighted by atomic mass is 15.3. The van der Waals surface area contributed by atoms with E-state index in [4.69, 9.17) is 0 Å². The first kappa shape index (κ1) is 17.1. The van der Waals surface area contributed by atoms with Crippen LogP contribution in [0.3, 0.4) is 0 Å². The van der Waals surface area contributed by atoms with E-state index in [0.717, 1.165) is 39.3 Å². The van der Waals surface area contributed by atoms with Crippen molar-refractivity contribution >= 4 is 0 Å². The third-order valence-electron chi connectivity index (χ3n) is 4.91. The molecule has 0 aliphatic carbocycles. The minimum Gasteiger partial charge on any atom is -0.280 e. The molecule has 0 saturated heterocycles. The topological polar surface area (TPSA) is 43.6 Å². The largest absolute Gasteiger partial charge is 0.280 e. The maximum atomic E-state index is 4.41. The van der Waals surface area contributed by atoms with Crippen LogP contribution in [-0.4, -0.2) is 19.7 Å². The van der Waals surface area contributed by atoms with Crippen molar-refractivity contribution in [3.8, 4) is 39.3 Å². The summed E-state index contributed by atoms with van der Waals surface area (Å²) in [4.78, 5) is 4.26. The molecule has 4 heteroatoms. The van der Waals surface area contributed by atoms with Crippen molar-refractivity contribution in [2.45, 2.75) is 0 Å². The van der Waals surface area contributed by atoms with E-state index in [-0.39, 0.29) is 0 Å². The zero-order valence-corrected chi connectivity index (χ0v) is 15.7. The van der Waals surface area contributed by atoms with Crippen LogP contribution in [0.5, 0.6) is 0 Å². The predicted molar refractivity (Wildman–Crippen MR) is 115 cm³/mol. The summed E-state index contributed by atoms with van der Waals surface area (Å²) < 4.78 is 2.06. The lowest BCUT2D eigenvalue weighted by atomic mass is 9.95. The van der Waals surface area contributed by atoms with E-state index in [2.05, 4.69) is 86.5 Å². The maximum absolute atomic E-state index is 4.41. The first-order chi connectivity index (χ1) is 14.4. The van der Waals surface area contributed by atoms with E-state index in [0.29, 0.717) is 0 Å². The standard InChI is InChI=1S/C25H18N4/c1-3-9-19(10-4-1)22-14-7-15-23(20-11-5-2-6-12-20)24(22)29-18-27-28-25(29)21-13-8-16-26-17-21/h1-18H.